The first kappa shape index (κ1) is 16.3. The fourth-order valence-electron chi connectivity index (χ4n) is 2.83. The molecule has 1 unspecified atom stereocenters. The molecule has 2 rings (SSSR count). The van der Waals surface area contributed by atoms with E-state index in [2.05, 4.69) is 40.8 Å². The Morgan fingerprint density at radius 1 is 1.32 bits per heavy atom. The molecule has 1 N–H and O–H groups in total. The predicted molar refractivity (Wildman–Crippen MR) is 89.7 cm³/mol. The van der Waals surface area contributed by atoms with Crippen LogP contribution >= 0.6 is 0 Å². The van der Waals surface area contributed by atoms with E-state index in [4.69, 9.17) is 0 Å². The molecule has 0 fully saturated rings. The number of carbonyl (C=O) groups excluding carboxylic acids is 1. The Bertz CT molecular complexity index is 604. The Morgan fingerprint density at radius 3 is 2.68 bits per heavy atom. The molecule has 0 aliphatic carbocycles. The van der Waals surface area contributed by atoms with Crippen LogP contribution in [0.1, 0.15) is 45.2 Å². The van der Waals surface area contributed by atoms with Gasteiger partial charge in [0.25, 0.3) is 0 Å². The van der Waals surface area contributed by atoms with Gasteiger partial charge in [-0.05, 0) is 12.3 Å². The Hall–Kier alpha value is -2.10. The standard InChI is InChI=1S/C18H25N3O/c1-4-8-14(2)18-17(16-9-6-5-7-10-16)20-13-21(18)12-11-19-15(3)22/h5-7,9-10,13-14H,4,8,11-12H2,1-3H3,(H,19,22). The minimum atomic E-state index is 0.00607. The van der Waals surface area contributed by atoms with Crippen LogP contribution in [0.15, 0.2) is 36.7 Å². The fourth-order valence-corrected chi connectivity index (χ4v) is 2.83. The van der Waals surface area contributed by atoms with E-state index in [0.29, 0.717) is 12.5 Å². The number of nitrogens with one attached hydrogen (secondary N) is 1. The molecule has 0 aliphatic rings. The second kappa shape index (κ2) is 7.78. The monoisotopic (exact) mass is 299 g/mol. The highest BCUT2D eigenvalue weighted by Crippen LogP contribution is 2.30. The van der Waals surface area contributed by atoms with Gasteiger partial charge in [-0.25, -0.2) is 4.98 Å². The van der Waals surface area contributed by atoms with Crippen molar-refractivity contribution in [1.82, 2.24) is 14.9 Å². The first-order valence-corrected chi connectivity index (χ1v) is 7.98. The van der Waals surface area contributed by atoms with Gasteiger partial charge >= 0.3 is 0 Å². The lowest BCUT2D eigenvalue weighted by Gasteiger charge is -2.16. The van der Waals surface area contributed by atoms with E-state index in [1.807, 2.05) is 24.5 Å². The molecule has 4 heteroatoms. The maximum Gasteiger partial charge on any atom is 0.216 e. The Morgan fingerprint density at radius 2 is 2.05 bits per heavy atom. The van der Waals surface area contributed by atoms with E-state index in [1.54, 1.807) is 6.92 Å². The number of carbonyl (C=O) groups is 1. The zero-order valence-corrected chi connectivity index (χ0v) is 13.7. The van der Waals surface area contributed by atoms with Crippen LogP contribution in [0.5, 0.6) is 0 Å². The molecule has 1 atom stereocenters. The van der Waals surface area contributed by atoms with E-state index < -0.39 is 0 Å². The van der Waals surface area contributed by atoms with Crippen molar-refractivity contribution in [3.8, 4) is 11.3 Å². The number of benzene rings is 1. The van der Waals surface area contributed by atoms with Gasteiger partial charge in [0, 0.05) is 31.3 Å². The first-order chi connectivity index (χ1) is 10.6. The van der Waals surface area contributed by atoms with Gasteiger partial charge in [0.1, 0.15) is 0 Å². The molecule has 0 bridgehead atoms. The molecule has 1 aromatic carbocycles. The summed E-state index contributed by atoms with van der Waals surface area (Å²) in [6, 6.07) is 10.3. The lowest BCUT2D eigenvalue weighted by atomic mass is 9.97. The smallest absolute Gasteiger partial charge is 0.216 e. The molecule has 1 aromatic heterocycles. The molecule has 0 saturated heterocycles. The topological polar surface area (TPSA) is 46.9 Å². The number of imidazole rings is 1. The van der Waals surface area contributed by atoms with Crippen molar-refractivity contribution < 1.29 is 4.79 Å². The van der Waals surface area contributed by atoms with Gasteiger partial charge in [-0.2, -0.15) is 0 Å². The van der Waals surface area contributed by atoms with Gasteiger partial charge in [-0.1, -0.05) is 50.6 Å². The quantitative estimate of drug-likeness (QED) is 0.849. The van der Waals surface area contributed by atoms with Crippen molar-refractivity contribution in [2.75, 3.05) is 6.54 Å². The second-order valence-corrected chi connectivity index (χ2v) is 5.71. The highest BCUT2D eigenvalue weighted by Gasteiger charge is 2.18. The third-order valence-corrected chi connectivity index (χ3v) is 3.84. The number of amides is 1. The average Bonchev–Trinajstić information content (AvgIpc) is 2.92. The zero-order chi connectivity index (χ0) is 15.9. The van der Waals surface area contributed by atoms with Crippen molar-refractivity contribution in [2.24, 2.45) is 0 Å². The third-order valence-electron chi connectivity index (χ3n) is 3.84. The Balaban J connectivity index is 2.29. The van der Waals surface area contributed by atoms with E-state index in [-0.39, 0.29) is 5.91 Å². The molecular weight excluding hydrogens is 274 g/mol. The molecule has 118 valence electrons. The van der Waals surface area contributed by atoms with Crippen LogP contribution in [0.4, 0.5) is 0 Å². The van der Waals surface area contributed by atoms with Crippen LogP contribution in [-0.4, -0.2) is 22.0 Å². The molecule has 0 radical (unpaired) electrons. The summed E-state index contributed by atoms with van der Waals surface area (Å²) in [4.78, 5) is 15.7. The number of aromatic nitrogens is 2. The van der Waals surface area contributed by atoms with Crippen molar-refractivity contribution in [3.63, 3.8) is 0 Å². The maximum absolute atomic E-state index is 11.0. The van der Waals surface area contributed by atoms with Crippen LogP contribution in [0, 0.1) is 0 Å². The maximum atomic E-state index is 11.0. The third kappa shape index (κ3) is 3.97. The second-order valence-electron chi connectivity index (χ2n) is 5.71. The predicted octanol–water partition coefficient (Wildman–Crippen LogP) is 3.59. The van der Waals surface area contributed by atoms with E-state index in [9.17, 15) is 4.79 Å². The lowest BCUT2D eigenvalue weighted by Crippen LogP contribution is -2.25. The molecule has 1 amide bonds. The average molecular weight is 299 g/mol. The van der Waals surface area contributed by atoms with Crippen LogP contribution in [-0.2, 0) is 11.3 Å². The summed E-state index contributed by atoms with van der Waals surface area (Å²) < 4.78 is 2.18. The number of hydrogen-bond donors (Lipinski definition) is 1. The number of nitrogens with zero attached hydrogens (tertiary/aromatic N) is 2. The highest BCUT2D eigenvalue weighted by atomic mass is 16.1. The lowest BCUT2D eigenvalue weighted by molar-refractivity contribution is -0.118. The molecule has 22 heavy (non-hydrogen) atoms. The Labute approximate surface area is 132 Å². The van der Waals surface area contributed by atoms with Crippen molar-refractivity contribution in [1.29, 1.82) is 0 Å². The molecule has 1 heterocycles. The van der Waals surface area contributed by atoms with Crippen LogP contribution in [0.3, 0.4) is 0 Å². The molecule has 0 aliphatic heterocycles. The zero-order valence-electron chi connectivity index (χ0n) is 13.7. The van der Waals surface area contributed by atoms with E-state index in [0.717, 1.165) is 30.6 Å². The number of hydrogen-bond acceptors (Lipinski definition) is 2. The van der Waals surface area contributed by atoms with Crippen LogP contribution in [0.2, 0.25) is 0 Å². The summed E-state index contributed by atoms with van der Waals surface area (Å²) in [5, 5.41) is 2.85. The van der Waals surface area contributed by atoms with Gasteiger partial charge < -0.3 is 9.88 Å². The summed E-state index contributed by atoms with van der Waals surface area (Å²) in [5.41, 5.74) is 3.47. The van der Waals surface area contributed by atoms with E-state index >= 15 is 0 Å². The van der Waals surface area contributed by atoms with Gasteiger partial charge in [-0.15, -0.1) is 0 Å². The molecule has 0 spiro atoms. The Kier molecular flexibility index (Phi) is 5.75. The van der Waals surface area contributed by atoms with Gasteiger partial charge in [0.15, 0.2) is 0 Å². The van der Waals surface area contributed by atoms with Crippen molar-refractivity contribution >= 4 is 5.91 Å². The van der Waals surface area contributed by atoms with Crippen LogP contribution in [0.25, 0.3) is 11.3 Å². The largest absolute Gasteiger partial charge is 0.355 e. The van der Waals surface area contributed by atoms with Crippen molar-refractivity contribution in [2.45, 2.75) is 46.1 Å². The summed E-state index contributed by atoms with van der Waals surface area (Å²) in [6.45, 7) is 7.39. The minimum Gasteiger partial charge on any atom is -0.355 e. The highest BCUT2D eigenvalue weighted by molar-refractivity contribution is 5.72. The normalized spacial score (nSPS) is 12.1. The molecule has 0 saturated carbocycles. The van der Waals surface area contributed by atoms with Gasteiger partial charge in [0.2, 0.25) is 5.91 Å². The minimum absolute atomic E-state index is 0.00607. The first-order valence-electron chi connectivity index (χ1n) is 7.98. The van der Waals surface area contributed by atoms with Gasteiger partial charge in [-0.3, -0.25) is 4.79 Å². The molecule has 4 nitrogen and oxygen atoms in total. The summed E-state index contributed by atoms with van der Waals surface area (Å²) in [5.74, 6) is 0.451. The molecule has 2 aromatic rings. The molecular formula is C18H25N3O. The summed E-state index contributed by atoms with van der Waals surface area (Å²) in [6.07, 6.45) is 4.17. The van der Waals surface area contributed by atoms with Crippen molar-refractivity contribution in [3.05, 3.63) is 42.4 Å². The van der Waals surface area contributed by atoms with Crippen LogP contribution < -0.4 is 5.32 Å². The SMILES string of the molecule is CCCC(C)c1c(-c2ccccc2)ncn1CCNC(C)=O. The number of rotatable bonds is 7. The van der Waals surface area contributed by atoms with Gasteiger partial charge in [0.05, 0.1) is 12.0 Å². The van der Waals surface area contributed by atoms with E-state index in [1.165, 1.54) is 5.69 Å². The summed E-state index contributed by atoms with van der Waals surface area (Å²) in [7, 11) is 0. The fraction of sp³-hybridized carbons (Fsp3) is 0.444. The summed E-state index contributed by atoms with van der Waals surface area (Å²) >= 11 is 0.